The Morgan fingerprint density at radius 2 is 1.94 bits per heavy atom. The topological polar surface area (TPSA) is 81.4 Å². The van der Waals surface area contributed by atoms with Crippen molar-refractivity contribution < 1.29 is 13.2 Å². The van der Waals surface area contributed by atoms with Gasteiger partial charge in [0.2, 0.25) is 10.0 Å². The highest BCUT2D eigenvalue weighted by atomic mass is 32.2. The van der Waals surface area contributed by atoms with E-state index < -0.39 is 10.0 Å². The third kappa shape index (κ3) is 5.88. The summed E-state index contributed by atoms with van der Waals surface area (Å²) in [5.74, 6) is 0.850. The number of ether oxygens (including phenoxy) is 1. The van der Waals surface area contributed by atoms with Crippen LogP contribution in [0.25, 0.3) is 0 Å². The fourth-order valence-corrected chi connectivity index (χ4v) is 2.54. The van der Waals surface area contributed by atoms with Crippen LogP contribution in [0.1, 0.15) is 19.8 Å². The van der Waals surface area contributed by atoms with Gasteiger partial charge in [0, 0.05) is 12.2 Å². The van der Waals surface area contributed by atoms with Crippen LogP contribution in [0.3, 0.4) is 0 Å². The van der Waals surface area contributed by atoms with Gasteiger partial charge in [-0.05, 0) is 30.7 Å². The molecule has 102 valence electrons. The third-order valence-corrected chi connectivity index (χ3v) is 3.81. The molecule has 1 rings (SSSR count). The average molecular weight is 272 g/mol. The predicted molar refractivity (Wildman–Crippen MR) is 73.0 cm³/mol. The van der Waals surface area contributed by atoms with Gasteiger partial charge in [0.05, 0.1) is 5.75 Å². The highest BCUT2D eigenvalue weighted by Gasteiger charge is 2.07. The van der Waals surface area contributed by atoms with Gasteiger partial charge in [-0.15, -0.1) is 0 Å². The minimum absolute atomic E-state index is 0.172. The van der Waals surface area contributed by atoms with Gasteiger partial charge >= 0.3 is 0 Å². The van der Waals surface area contributed by atoms with Crippen molar-refractivity contribution in [3.63, 3.8) is 0 Å². The van der Waals surface area contributed by atoms with Crippen molar-refractivity contribution in [3.8, 4) is 5.75 Å². The molecule has 0 aromatic heterocycles. The lowest BCUT2D eigenvalue weighted by atomic mass is 10.3. The smallest absolute Gasteiger partial charge is 0.211 e. The number of hydrogen-bond acceptors (Lipinski definition) is 4. The summed E-state index contributed by atoms with van der Waals surface area (Å²) in [5.41, 5.74) is 6.21. The van der Waals surface area contributed by atoms with Crippen molar-refractivity contribution in [3.05, 3.63) is 24.3 Å². The quantitative estimate of drug-likeness (QED) is 0.553. The Balaban J connectivity index is 2.24. The summed E-state index contributed by atoms with van der Waals surface area (Å²) in [6.45, 7) is 2.53. The number of benzene rings is 1. The van der Waals surface area contributed by atoms with E-state index in [1.165, 1.54) is 0 Å². The molecule has 0 aliphatic rings. The van der Waals surface area contributed by atoms with Crippen LogP contribution in [0.15, 0.2) is 24.3 Å². The van der Waals surface area contributed by atoms with E-state index in [9.17, 15) is 8.42 Å². The van der Waals surface area contributed by atoms with E-state index in [1.807, 2.05) is 6.92 Å². The first-order chi connectivity index (χ1) is 8.53. The van der Waals surface area contributed by atoms with Gasteiger partial charge in [0.15, 0.2) is 0 Å². The third-order valence-electron chi connectivity index (χ3n) is 2.34. The van der Waals surface area contributed by atoms with Crippen LogP contribution in [-0.4, -0.2) is 27.3 Å². The molecule has 0 amide bonds. The molecule has 1 aromatic rings. The lowest BCUT2D eigenvalue weighted by Crippen LogP contribution is -2.30. The Kier molecular flexibility index (Phi) is 5.94. The molecule has 18 heavy (non-hydrogen) atoms. The molecule has 1 aromatic carbocycles. The fraction of sp³-hybridized carbons (Fsp3) is 0.500. The normalized spacial score (nSPS) is 11.4. The van der Waals surface area contributed by atoms with Crippen LogP contribution in [0.4, 0.5) is 5.69 Å². The molecule has 0 saturated carbocycles. The Hall–Kier alpha value is -1.27. The Bertz CT molecular complexity index is 443. The van der Waals surface area contributed by atoms with Crippen LogP contribution >= 0.6 is 0 Å². The second-order valence-corrected chi connectivity index (χ2v) is 5.91. The molecular formula is C12H20N2O3S. The molecule has 0 radical (unpaired) electrons. The second kappa shape index (κ2) is 7.23. The number of anilines is 1. The highest BCUT2D eigenvalue weighted by molar-refractivity contribution is 7.89. The molecular weight excluding hydrogens is 252 g/mol. The van der Waals surface area contributed by atoms with Crippen molar-refractivity contribution in [1.29, 1.82) is 0 Å². The van der Waals surface area contributed by atoms with E-state index in [-0.39, 0.29) is 12.3 Å². The summed E-state index contributed by atoms with van der Waals surface area (Å²) in [6.07, 6.45) is 1.54. The summed E-state index contributed by atoms with van der Waals surface area (Å²) in [6, 6.07) is 6.98. The number of nitrogens with two attached hydrogens (primary N) is 1. The Morgan fingerprint density at radius 1 is 1.28 bits per heavy atom. The van der Waals surface area contributed by atoms with Crippen LogP contribution in [0, 0.1) is 0 Å². The zero-order valence-electron chi connectivity index (χ0n) is 10.6. The van der Waals surface area contributed by atoms with E-state index in [0.29, 0.717) is 24.5 Å². The number of sulfonamides is 1. The first-order valence-electron chi connectivity index (χ1n) is 5.99. The monoisotopic (exact) mass is 272 g/mol. The molecule has 5 nitrogen and oxygen atoms in total. The molecule has 0 saturated heterocycles. The maximum absolute atomic E-state index is 11.5. The second-order valence-electron chi connectivity index (χ2n) is 3.98. The van der Waals surface area contributed by atoms with E-state index in [4.69, 9.17) is 10.5 Å². The standard InChI is InChI=1S/C12H20N2O3S/c1-2-3-10-18(15,16)14-8-9-17-12-6-4-11(13)5-7-12/h4-7,14H,2-3,8-10,13H2,1H3. The first-order valence-corrected chi connectivity index (χ1v) is 7.64. The maximum Gasteiger partial charge on any atom is 0.211 e. The number of nitrogens with one attached hydrogen (secondary N) is 1. The first kappa shape index (κ1) is 14.8. The van der Waals surface area contributed by atoms with E-state index >= 15 is 0 Å². The molecule has 0 atom stereocenters. The van der Waals surface area contributed by atoms with Gasteiger partial charge in [-0.1, -0.05) is 13.3 Å². The molecule has 0 bridgehead atoms. The largest absolute Gasteiger partial charge is 0.492 e. The summed E-state index contributed by atoms with van der Waals surface area (Å²) in [4.78, 5) is 0. The van der Waals surface area contributed by atoms with E-state index in [1.54, 1.807) is 24.3 Å². The molecule has 3 N–H and O–H groups in total. The van der Waals surface area contributed by atoms with Crippen molar-refractivity contribution >= 4 is 15.7 Å². The molecule has 0 heterocycles. The highest BCUT2D eigenvalue weighted by Crippen LogP contribution is 2.12. The molecule has 0 aliphatic carbocycles. The summed E-state index contributed by atoms with van der Waals surface area (Å²) < 4.78 is 30.8. The van der Waals surface area contributed by atoms with E-state index in [2.05, 4.69) is 4.72 Å². The minimum Gasteiger partial charge on any atom is -0.492 e. The number of rotatable bonds is 8. The lowest BCUT2D eigenvalue weighted by molar-refractivity contribution is 0.323. The molecule has 0 spiro atoms. The molecule has 0 aliphatic heterocycles. The zero-order valence-corrected chi connectivity index (χ0v) is 11.4. The van der Waals surface area contributed by atoms with Crippen LogP contribution < -0.4 is 15.2 Å². The van der Waals surface area contributed by atoms with Gasteiger partial charge in [0.1, 0.15) is 12.4 Å². The minimum atomic E-state index is -3.15. The predicted octanol–water partition coefficient (Wildman–Crippen LogP) is 1.37. The van der Waals surface area contributed by atoms with Gasteiger partial charge < -0.3 is 10.5 Å². The molecule has 6 heteroatoms. The van der Waals surface area contributed by atoms with Crippen molar-refractivity contribution in [1.82, 2.24) is 4.72 Å². The summed E-state index contributed by atoms with van der Waals surface area (Å²) >= 11 is 0. The van der Waals surface area contributed by atoms with Crippen molar-refractivity contribution in [2.24, 2.45) is 0 Å². The number of unbranched alkanes of at least 4 members (excludes halogenated alkanes) is 1. The van der Waals surface area contributed by atoms with Crippen LogP contribution in [-0.2, 0) is 10.0 Å². The average Bonchev–Trinajstić information content (AvgIpc) is 2.34. The van der Waals surface area contributed by atoms with Crippen molar-refractivity contribution in [2.45, 2.75) is 19.8 Å². The summed E-state index contributed by atoms with van der Waals surface area (Å²) in [7, 11) is -3.15. The molecule has 0 fully saturated rings. The van der Waals surface area contributed by atoms with Crippen LogP contribution in [0.5, 0.6) is 5.75 Å². The van der Waals surface area contributed by atoms with Gasteiger partial charge in [0.25, 0.3) is 0 Å². The van der Waals surface area contributed by atoms with Crippen molar-refractivity contribution in [2.75, 3.05) is 24.6 Å². The maximum atomic E-state index is 11.5. The fourth-order valence-electron chi connectivity index (χ4n) is 1.34. The Labute approximate surface area is 108 Å². The summed E-state index contributed by atoms with van der Waals surface area (Å²) in [5, 5.41) is 0. The van der Waals surface area contributed by atoms with Crippen LogP contribution in [0.2, 0.25) is 0 Å². The number of hydrogen-bond donors (Lipinski definition) is 2. The molecule has 0 unspecified atom stereocenters. The SMILES string of the molecule is CCCCS(=O)(=O)NCCOc1ccc(N)cc1. The van der Waals surface area contributed by atoms with E-state index in [0.717, 1.165) is 6.42 Å². The number of nitrogen functional groups attached to an aromatic ring is 1. The van der Waals surface area contributed by atoms with Gasteiger partial charge in [-0.3, -0.25) is 0 Å². The van der Waals surface area contributed by atoms with Gasteiger partial charge in [-0.25, -0.2) is 13.1 Å². The zero-order chi connectivity index (χ0) is 13.4. The van der Waals surface area contributed by atoms with Gasteiger partial charge in [-0.2, -0.15) is 0 Å². The lowest BCUT2D eigenvalue weighted by Gasteiger charge is -2.08. The Morgan fingerprint density at radius 3 is 2.56 bits per heavy atom.